The number of amides is 2. The minimum absolute atomic E-state index is 0.107. The van der Waals surface area contributed by atoms with Gasteiger partial charge in [-0.3, -0.25) is 4.79 Å². The number of carbonyl (C=O) groups excluding carboxylic acids is 2. The van der Waals surface area contributed by atoms with Crippen LogP contribution in [0.25, 0.3) is 0 Å². The van der Waals surface area contributed by atoms with Crippen LogP contribution in [0.5, 0.6) is 0 Å². The summed E-state index contributed by atoms with van der Waals surface area (Å²) in [6.07, 6.45) is -1.10. The van der Waals surface area contributed by atoms with Gasteiger partial charge in [0.15, 0.2) is 12.1 Å². The van der Waals surface area contributed by atoms with Crippen LogP contribution in [0.2, 0.25) is 0 Å². The van der Waals surface area contributed by atoms with E-state index < -0.39 is 18.2 Å². The molecule has 1 aromatic carbocycles. The third-order valence-corrected chi connectivity index (χ3v) is 3.28. The summed E-state index contributed by atoms with van der Waals surface area (Å²) in [5.74, 6) is -0.107. The van der Waals surface area contributed by atoms with Crippen molar-refractivity contribution in [3.05, 3.63) is 35.9 Å². The Morgan fingerprint density at radius 2 is 1.89 bits per heavy atom. The van der Waals surface area contributed by atoms with Crippen molar-refractivity contribution in [3.8, 4) is 0 Å². The zero-order chi connectivity index (χ0) is 13.8. The zero-order valence-electron chi connectivity index (χ0n) is 11.1. The molecule has 1 heterocycles. The summed E-state index contributed by atoms with van der Waals surface area (Å²) in [6.45, 7) is 5.06. The molecule has 5 nitrogen and oxygen atoms in total. The largest absolute Gasteiger partial charge is 0.439 e. The average Bonchev–Trinajstić information content (AvgIpc) is 2.83. The van der Waals surface area contributed by atoms with E-state index in [4.69, 9.17) is 4.74 Å². The summed E-state index contributed by atoms with van der Waals surface area (Å²) in [7, 11) is 0. The summed E-state index contributed by atoms with van der Waals surface area (Å²) in [5.41, 5.74) is 0.825. The lowest BCUT2D eigenvalue weighted by atomic mass is 10.0. The molecule has 1 saturated heterocycles. The summed E-state index contributed by atoms with van der Waals surface area (Å²) in [5, 5.41) is 2.60. The van der Waals surface area contributed by atoms with Crippen molar-refractivity contribution in [2.24, 2.45) is 0 Å². The molecule has 0 bridgehead atoms. The van der Waals surface area contributed by atoms with E-state index in [0.29, 0.717) is 13.1 Å². The second-order valence-electron chi connectivity index (χ2n) is 4.37. The van der Waals surface area contributed by atoms with Gasteiger partial charge in [0.05, 0.1) is 0 Å². The van der Waals surface area contributed by atoms with Gasteiger partial charge in [-0.1, -0.05) is 30.3 Å². The lowest BCUT2D eigenvalue weighted by Crippen LogP contribution is -2.46. The molecule has 2 atom stereocenters. The van der Waals surface area contributed by atoms with Crippen LogP contribution < -0.4 is 5.32 Å². The number of ether oxygens (including phenoxy) is 1. The zero-order valence-corrected chi connectivity index (χ0v) is 11.1. The molecule has 0 aromatic heterocycles. The van der Waals surface area contributed by atoms with Gasteiger partial charge in [-0.15, -0.1) is 0 Å². The molecule has 1 aromatic rings. The predicted molar refractivity (Wildman–Crippen MR) is 70.5 cm³/mol. The summed E-state index contributed by atoms with van der Waals surface area (Å²) >= 11 is 0. The normalized spacial score (nSPS) is 21.7. The molecule has 19 heavy (non-hydrogen) atoms. The molecule has 1 aliphatic heterocycles. The fourth-order valence-corrected chi connectivity index (χ4v) is 2.25. The predicted octanol–water partition coefficient (Wildman–Crippen LogP) is 1.70. The van der Waals surface area contributed by atoms with E-state index in [1.54, 1.807) is 4.90 Å². The minimum Gasteiger partial charge on any atom is -0.439 e. The fourth-order valence-electron chi connectivity index (χ4n) is 2.25. The number of rotatable bonds is 4. The molecule has 0 saturated carbocycles. The SMILES string of the molecule is CCN(CC)C(=O)C1NC(=O)OC1c1ccccc1. The van der Waals surface area contributed by atoms with Crippen molar-refractivity contribution in [2.45, 2.75) is 26.0 Å². The Morgan fingerprint density at radius 1 is 1.26 bits per heavy atom. The smallest absolute Gasteiger partial charge is 0.408 e. The van der Waals surface area contributed by atoms with Gasteiger partial charge in [0, 0.05) is 13.1 Å². The Kier molecular flexibility index (Phi) is 4.04. The molecule has 1 N–H and O–H groups in total. The van der Waals surface area contributed by atoms with Crippen molar-refractivity contribution < 1.29 is 14.3 Å². The van der Waals surface area contributed by atoms with E-state index in [2.05, 4.69) is 5.32 Å². The van der Waals surface area contributed by atoms with Gasteiger partial charge in [-0.05, 0) is 19.4 Å². The topological polar surface area (TPSA) is 58.6 Å². The van der Waals surface area contributed by atoms with Gasteiger partial charge in [0.25, 0.3) is 0 Å². The third-order valence-electron chi connectivity index (χ3n) is 3.28. The molecule has 0 radical (unpaired) electrons. The maximum atomic E-state index is 12.4. The number of carbonyl (C=O) groups is 2. The lowest BCUT2D eigenvalue weighted by Gasteiger charge is -2.24. The summed E-state index contributed by atoms with van der Waals surface area (Å²) in [6, 6.07) is 8.67. The average molecular weight is 262 g/mol. The molecule has 2 unspecified atom stereocenters. The van der Waals surface area contributed by atoms with Gasteiger partial charge in [0.2, 0.25) is 5.91 Å². The number of likely N-dealkylation sites (N-methyl/N-ethyl adjacent to an activating group) is 1. The Hall–Kier alpha value is -2.04. The molecule has 5 heteroatoms. The minimum atomic E-state index is -0.644. The fraction of sp³-hybridized carbons (Fsp3) is 0.429. The van der Waals surface area contributed by atoms with Gasteiger partial charge in [0.1, 0.15) is 0 Å². The highest BCUT2D eigenvalue weighted by atomic mass is 16.6. The molecular formula is C14H18N2O3. The van der Waals surface area contributed by atoms with Crippen LogP contribution in [0.15, 0.2) is 30.3 Å². The highest BCUT2D eigenvalue weighted by Crippen LogP contribution is 2.27. The molecule has 102 valence electrons. The molecule has 2 rings (SSSR count). The van der Waals surface area contributed by atoms with Gasteiger partial charge >= 0.3 is 6.09 Å². The number of hydrogen-bond acceptors (Lipinski definition) is 3. The van der Waals surface area contributed by atoms with Gasteiger partial charge in [-0.25, -0.2) is 4.79 Å². The third kappa shape index (κ3) is 2.70. The van der Waals surface area contributed by atoms with E-state index in [1.165, 1.54) is 0 Å². The number of alkyl carbamates (subject to hydrolysis) is 1. The molecule has 2 amide bonds. The number of hydrogen-bond donors (Lipinski definition) is 1. The number of nitrogens with zero attached hydrogens (tertiary/aromatic N) is 1. The van der Waals surface area contributed by atoms with E-state index in [9.17, 15) is 9.59 Å². The Labute approximate surface area is 112 Å². The first-order chi connectivity index (χ1) is 9.17. The second-order valence-corrected chi connectivity index (χ2v) is 4.37. The molecule has 1 fully saturated rings. The van der Waals surface area contributed by atoms with Crippen molar-refractivity contribution >= 4 is 12.0 Å². The highest BCUT2D eigenvalue weighted by Gasteiger charge is 2.41. The Morgan fingerprint density at radius 3 is 2.47 bits per heavy atom. The lowest BCUT2D eigenvalue weighted by molar-refractivity contribution is -0.134. The summed E-state index contributed by atoms with van der Waals surface area (Å²) < 4.78 is 5.22. The van der Waals surface area contributed by atoms with Gasteiger partial charge < -0.3 is 15.0 Å². The molecule has 0 spiro atoms. The number of cyclic esters (lactones) is 1. The van der Waals surface area contributed by atoms with Crippen LogP contribution in [0.4, 0.5) is 4.79 Å². The quantitative estimate of drug-likeness (QED) is 0.898. The van der Waals surface area contributed by atoms with Crippen LogP contribution in [0.1, 0.15) is 25.5 Å². The Balaban J connectivity index is 2.23. The van der Waals surface area contributed by atoms with Gasteiger partial charge in [-0.2, -0.15) is 0 Å². The second kappa shape index (κ2) is 5.73. The first kappa shape index (κ1) is 13.4. The van der Waals surface area contributed by atoms with Crippen LogP contribution in [-0.2, 0) is 9.53 Å². The van der Waals surface area contributed by atoms with Crippen LogP contribution in [0, 0.1) is 0 Å². The van der Waals surface area contributed by atoms with Crippen molar-refractivity contribution in [2.75, 3.05) is 13.1 Å². The van der Waals surface area contributed by atoms with E-state index in [0.717, 1.165) is 5.56 Å². The number of benzene rings is 1. The van der Waals surface area contributed by atoms with E-state index >= 15 is 0 Å². The van der Waals surface area contributed by atoms with Crippen LogP contribution in [-0.4, -0.2) is 36.0 Å². The monoisotopic (exact) mass is 262 g/mol. The molecule has 0 aliphatic carbocycles. The van der Waals surface area contributed by atoms with E-state index in [-0.39, 0.29) is 5.91 Å². The maximum Gasteiger partial charge on any atom is 0.408 e. The van der Waals surface area contributed by atoms with Crippen LogP contribution in [0.3, 0.4) is 0 Å². The van der Waals surface area contributed by atoms with Crippen molar-refractivity contribution in [1.82, 2.24) is 10.2 Å². The standard InChI is InChI=1S/C14H18N2O3/c1-3-16(4-2)13(17)11-12(19-14(18)15-11)10-8-6-5-7-9-10/h5-9,11-12H,3-4H2,1-2H3,(H,15,18). The van der Waals surface area contributed by atoms with Crippen molar-refractivity contribution in [3.63, 3.8) is 0 Å². The number of nitrogens with one attached hydrogen (secondary N) is 1. The maximum absolute atomic E-state index is 12.4. The Bertz CT molecular complexity index is 457. The highest BCUT2D eigenvalue weighted by molar-refractivity contribution is 5.89. The van der Waals surface area contributed by atoms with E-state index in [1.807, 2.05) is 44.2 Å². The summed E-state index contributed by atoms with van der Waals surface area (Å²) in [4.78, 5) is 25.5. The first-order valence-corrected chi connectivity index (χ1v) is 6.48. The van der Waals surface area contributed by atoms with Crippen molar-refractivity contribution in [1.29, 1.82) is 0 Å². The molecule has 1 aliphatic rings. The molecular weight excluding hydrogens is 244 g/mol. The first-order valence-electron chi connectivity index (χ1n) is 6.48. The van der Waals surface area contributed by atoms with Crippen LogP contribution >= 0.6 is 0 Å².